The second kappa shape index (κ2) is 2.00. The van der Waals surface area contributed by atoms with E-state index in [2.05, 4.69) is 10.9 Å². The standard InChI is InChI=1S/C3H6N4O2/c4-1-2(8)5-3(9)7-6-1/h1,6H,4H2,(H2,5,7,8,9). The number of nitrogens with two attached hydrogens (primary N) is 1. The second-order valence-electron chi connectivity index (χ2n) is 1.57. The number of urea groups is 1. The molecule has 1 aliphatic heterocycles. The molecule has 6 heteroatoms. The van der Waals surface area contributed by atoms with Gasteiger partial charge in [0.1, 0.15) is 0 Å². The first-order chi connectivity index (χ1) is 4.20. The molecule has 0 aromatic heterocycles. The molecule has 0 aliphatic carbocycles. The zero-order valence-corrected chi connectivity index (χ0v) is 4.47. The molecular weight excluding hydrogens is 124 g/mol. The first kappa shape index (κ1) is 5.99. The summed E-state index contributed by atoms with van der Waals surface area (Å²) in [6.45, 7) is 0. The maximum atomic E-state index is 10.4. The summed E-state index contributed by atoms with van der Waals surface area (Å²) in [6.07, 6.45) is -0.845. The summed E-state index contributed by atoms with van der Waals surface area (Å²) in [6, 6.07) is -0.582. The molecule has 0 saturated carbocycles. The summed E-state index contributed by atoms with van der Waals surface area (Å²) in [5, 5.41) is 1.95. The van der Waals surface area contributed by atoms with Crippen LogP contribution in [0.4, 0.5) is 4.79 Å². The van der Waals surface area contributed by atoms with Crippen molar-refractivity contribution >= 4 is 11.9 Å². The number of hydrogen-bond acceptors (Lipinski definition) is 4. The average molecular weight is 130 g/mol. The molecule has 1 aliphatic rings. The number of imide groups is 1. The molecule has 1 heterocycles. The van der Waals surface area contributed by atoms with Gasteiger partial charge in [0.25, 0.3) is 5.91 Å². The maximum absolute atomic E-state index is 10.4. The number of hydrazine groups is 1. The summed E-state index contributed by atoms with van der Waals surface area (Å²) in [5.74, 6) is -0.529. The number of carbonyl (C=O) groups is 2. The molecule has 1 fully saturated rings. The van der Waals surface area contributed by atoms with E-state index in [0.717, 1.165) is 0 Å². The lowest BCUT2D eigenvalue weighted by atomic mass is 10.5. The van der Waals surface area contributed by atoms with Crippen molar-refractivity contribution in [2.24, 2.45) is 5.73 Å². The summed E-state index contributed by atoms with van der Waals surface area (Å²) in [7, 11) is 0. The fourth-order valence-electron chi connectivity index (χ4n) is 0.430. The van der Waals surface area contributed by atoms with E-state index >= 15 is 0 Å². The molecule has 5 N–H and O–H groups in total. The Hall–Kier alpha value is -1.14. The maximum Gasteiger partial charge on any atom is 0.335 e. The molecular formula is C3H6N4O2. The van der Waals surface area contributed by atoms with Crippen molar-refractivity contribution in [3.05, 3.63) is 0 Å². The van der Waals surface area contributed by atoms with Gasteiger partial charge in [-0.3, -0.25) is 15.5 Å². The number of nitrogens with one attached hydrogen (secondary N) is 3. The van der Waals surface area contributed by atoms with Crippen LogP contribution in [0.15, 0.2) is 0 Å². The summed E-state index contributed by atoms with van der Waals surface area (Å²) in [5.41, 5.74) is 9.47. The van der Waals surface area contributed by atoms with Crippen LogP contribution in [0, 0.1) is 0 Å². The van der Waals surface area contributed by atoms with Gasteiger partial charge in [0, 0.05) is 0 Å². The minimum Gasteiger partial charge on any atom is -0.307 e. The third-order valence-electron chi connectivity index (χ3n) is 0.860. The molecule has 9 heavy (non-hydrogen) atoms. The van der Waals surface area contributed by atoms with Crippen molar-refractivity contribution in [2.75, 3.05) is 0 Å². The Kier molecular flexibility index (Phi) is 1.33. The van der Waals surface area contributed by atoms with Gasteiger partial charge < -0.3 is 5.73 Å². The molecule has 3 amide bonds. The Labute approximate surface area is 50.7 Å². The lowest BCUT2D eigenvalue weighted by molar-refractivity contribution is -0.123. The van der Waals surface area contributed by atoms with Crippen LogP contribution in [0.1, 0.15) is 0 Å². The van der Waals surface area contributed by atoms with E-state index in [1.54, 1.807) is 0 Å². The van der Waals surface area contributed by atoms with Gasteiger partial charge in [0.2, 0.25) is 0 Å². The second-order valence-corrected chi connectivity index (χ2v) is 1.57. The van der Waals surface area contributed by atoms with Crippen molar-refractivity contribution < 1.29 is 9.59 Å². The lowest BCUT2D eigenvalue weighted by Crippen LogP contribution is -2.65. The van der Waals surface area contributed by atoms with Gasteiger partial charge in [-0.05, 0) is 0 Å². The van der Waals surface area contributed by atoms with Gasteiger partial charge in [0.05, 0.1) is 0 Å². The highest BCUT2D eigenvalue weighted by Gasteiger charge is 2.20. The highest BCUT2D eigenvalue weighted by molar-refractivity contribution is 5.98. The largest absolute Gasteiger partial charge is 0.335 e. The third kappa shape index (κ3) is 1.15. The smallest absolute Gasteiger partial charge is 0.307 e. The van der Waals surface area contributed by atoms with E-state index in [1.165, 1.54) is 0 Å². The van der Waals surface area contributed by atoms with Gasteiger partial charge in [-0.2, -0.15) is 0 Å². The fraction of sp³-hybridized carbons (Fsp3) is 0.333. The molecule has 0 radical (unpaired) electrons. The molecule has 0 bridgehead atoms. The van der Waals surface area contributed by atoms with E-state index in [0.29, 0.717) is 0 Å². The molecule has 1 unspecified atom stereocenters. The van der Waals surface area contributed by atoms with E-state index in [9.17, 15) is 9.59 Å². The van der Waals surface area contributed by atoms with Crippen molar-refractivity contribution in [1.29, 1.82) is 0 Å². The van der Waals surface area contributed by atoms with Crippen LogP contribution in [0.25, 0.3) is 0 Å². The minimum atomic E-state index is -0.845. The molecule has 0 spiro atoms. The normalized spacial score (nSPS) is 27.0. The van der Waals surface area contributed by atoms with Crippen LogP contribution < -0.4 is 21.9 Å². The quantitative estimate of drug-likeness (QED) is 0.294. The average Bonchev–Trinajstić information content (AvgIpc) is 1.80. The number of carbonyl (C=O) groups excluding carboxylic acids is 2. The predicted octanol–water partition coefficient (Wildman–Crippen LogP) is -2.38. The van der Waals surface area contributed by atoms with Gasteiger partial charge in [-0.1, -0.05) is 0 Å². The van der Waals surface area contributed by atoms with Gasteiger partial charge in [0.15, 0.2) is 6.17 Å². The zero-order chi connectivity index (χ0) is 6.85. The Morgan fingerprint density at radius 2 is 2.11 bits per heavy atom. The van der Waals surface area contributed by atoms with Crippen molar-refractivity contribution in [2.45, 2.75) is 6.17 Å². The lowest BCUT2D eigenvalue weighted by Gasteiger charge is -2.19. The summed E-state index contributed by atoms with van der Waals surface area (Å²) in [4.78, 5) is 20.7. The van der Waals surface area contributed by atoms with Crippen LogP contribution in [-0.2, 0) is 4.79 Å². The fourth-order valence-corrected chi connectivity index (χ4v) is 0.430. The Bertz CT molecular complexity index is 156. The molecule has 50 valence electrons. The molecule has 1 atom stereocenters. The van der Waals surface area contributed by atoms with Gasteiger partial charge >= 0.3 is 6.03 Å². The van der Waals surface area contributed by atoms with E-state index in [1.807, 2.05) is 5.32 Å². The summed E-state index contributed by atoms with van der Waals surface area (Å²) < 4.78 is 0. The Morgan fingerprint density at radius 3 is 2.56 bits per heavy atom. The first-order valence-corrected chi connectivity index (χ1v) is 2.32. The van der Waals surface area contributed by atoms with E-state index in [-0.39, 0.29) is 0 Å². The highest BCUT2D eigenvalue weighted by Crippen LogP contribution is 1.76. The van der Waals surface area contributed by atoms with Crippen LogP contribution in [0.2, 0.25) is 0 Å². The Balaban J connectivity index is 2.54. The van der Waals surface area contributed by atoms with Crippen molar-refractivity contribution in [3.63, 3.8) is 0 Å². The topological polar surface area (TPSA) is 96.2 Å². The molecule has 6 nitrogen and oxygen atoms in total. The number of hydrogen-bond donors (Lipinski definition) is 4. The van der Waals surface area contributed by atoms with Crippen LogP contribution in [0.5, 0.6) is 0 Å². The predicted molar refractivity (Wildman–Crippen MR) is 27.8 cm³/mol. The SMILES string of the molecule is NC1NNC(=O)NC1=O. The molecule has 0 aromatic rings. The van der Waals surface area contributed by atoms with Crippen LogP contribution in [-0.4, -0.2) is 18.1 Å². The third-order valence-corrected chi connectivity index (χ3v) is 0.860. The zero-order valence-electron chi connectivity index (χ0n) is 4.47. The van der Waals surface area contributed by atoms with Crippen molar-refractivity contribution in [1.82, 2.24) is 16.2 Å². The van der Waals surface area contributed by atoms with E-state index < -0.39 is 18.1 Å². The first-order valence-electron chi connectivity index (χ1n) is 2.32. The molecule has 1 saturated heterocycles. The van der Waals surface area contributed by atoms with Crippen LogP contribution >= 0.6 is 0 Å². The Morgan fingerprint density at radius 1 is 1.44 bits per heavy atom. The molecule has 1 rings (SSSR count). The monoisotopic (exact) mass is 130 g/mol. The highest BCUT2D eigenvalue weighted by atomic mass is 16.2. The van der Waals surface area contributed by atoms with Crippen LogP contribution in [0.3, 0.4) is 0 Å². The van der Waals surface area contributed by atoms with Gasteiger partial charge in [-0.25, -0.2) is 10.2 Å². The van der Waals surface area contributed by atoms with Crippen molar-refractivity contribution in [3.8, 4) is 0 Å². The van der Waals surface area contributed by atoms with Gasteiger partial charge in [-0.15, -0.1) is 0 Å². The van der Waals surface area contributed by atoms with E-state index in [4.69, 9.17) is 5.73 Å². The number of rotatable bonds is 0. The summed E-state index contributed by atoms with van der Waals surface area (Å²) >= 11 is 0. The minimum absolute atomic E-state index is 0.529. The molecule has 0 aromatic carbocycles. The number of amides is 3.